The van der Waals surface area contributed by atoms with E-state index in [0.29, 0.717) is 18.6 Å². The normalized spacial score (nSPS) is 20.6. The van der Waals surface area contributed by atoms with Crippen LogP contribution in [-0.2, 0) is 14.3 Å². The fourth-order valence-corrected chi connectivity index (χ4v) is 1.55. The molecule has 3 nitrogen and oxygen atoms in total. The fourth-order valence-electron chi connectivity index (χ4n) is 1.55. The van der Waals surface area contributed by atoms with Crippen molar-refractivity contribution in [1.82, 2.24) is 0 Å². The molecule has 0 radical (unpaired) electrons. The topological polar surface area (TPSA) is 43.4 Å². The number of ketones is 1. The summed E-state index contributed by atoms with van der Waals surface area (Å²) in [5.41, 5.74) is 0.989. The standard InChI is InChI=1S/C11H14O3/c1-7(2)4-9-5-10(13)6-11(9)14-8(3)12/h6,9H,1,4-5H2,2-3H3. The molecular weight excluding hydrogens is 180 g/mol. The van der Waals surface area contributed by atoms with Gasteiger partial charge in [0.25, 0.3) is 0 Å². The van der Waals surface area contributed by atoms with E-state index in [4.69, 9.17) is 4.74 Å². The zero-order chi connectivity index (χ0) is 10.7. The van der Waals surface area contributed by atoms with Crippen LogP contribution in [0.25, 0.3) is 0 Å². The van der Waals surface area contributed by atoms with Gasteiger partial charge in [-0.15, -0.1) is 6.58 Å². The van der Waals surface area contributed by atoms with Crippen LogP contribution in [-0.4, -0.2) is 11.8 Å². The number of hydrogen-bond donors (Lipinski definition) is 0. The summed E-state index contributed by atoms with van der Waals surface area (Å²) in [5.74, 6) is 0.138. The number of hydrogen-bond acceptors (Lipinski definition) is 3. The first kappa shape index (κ1) is 10.7. The Kier molecular flexibility index (Phi) is 3.23. The molecule has 0 aromatic rings. The molecule has 0 spiro atoms. The van der Waals surface area contributed by atoms with Crippen LogP contribution in [0.4, 0.5) is 0 Å². The monoisotopic (exact) mass is 194 g/mol. The molecule has 0 heterocycles. The molecule has 0 bridgehead atoms. The van der Waals surface area contributed by atoms with E-state index < -0.39 is 0 Å². The highest BCUT2D eigenvalue weighted by molar-refractivity contribution is 5.93. The summed E-state index contributed by atoms with van der Waals surface area (Å²) in [4.78, 5) is 21.9. The Hall–Kier alpha value is -1.38. The first-order valence-electron chi connectivity index (χ1n) is 4.56. The highest BCUT2D eigenvalue weighted by atomic mass is 16.5. The second kappa shape index (κ2) is 4.22. The van der Waals surface area contributed by atoms with Crippen LogP contribution in [0, 0.1) is 5.92 Å². The lowest BCUT2D eigenvalue weighted by Crippen LogP contribution is -2.07. The Labute approximate surface area is 83.4 Å². The van der Waals surface area contributed by atoms with E-state index in [1.54, 1.807) is 0 Å². The zero-order valence-electron chi connectivity index (χ0n) is 8.50. The fraction of sp³-hybridized carbons (Fsp3) is 0.455. The van der Waals surface area contributed by atoms with Gasteiger partial charge in [-0.1, -0.05) is 5.57 Å². The van der Waals surface area contributed by atoms with Gasteiger partial charge < -0.3 is 4.74 Å². The van der Waals surface area contributed by atoms with Crippen molar-refractivity contribution in [2.75, 3.05) is 0 Å². The van der Waals surface area contributed by atoms with Gasteiger partial charge in [0.15, 0.2) is 5.78 Å². The van der Waals surface area contributed by atoms with Gasteiger partial charge in [-0.25, -0.2) is 0 Å². The second-order valence-corrected chi connectivity index (χ2v) is 3.67. The van der Waals surface area contributed by atoms with Crippen LogP contribution in [0.15, 0.2) is 24.0 Å². The predicted molar refractivity (Wildman–Crippen MR) is 52.4 cm³/mol. The minimum atomic E-state index is -0.377. The summed E-state index contributed by atoms with van der Waals surface area (Å²) in [5, 5.41) is 0. The molecule has 0 saturated heterocycles. The third kappa shape index (κ3) is 2.83. The minimum Gasteiger partial charge on any atom is -0.431 e. The minimum absolute atomic E-state index is 0.00361. The summed E-state index contributed by atoms with van der Waals surface area (Å²) >= 11 is 0. The first-order chi connectivity index (χ1) is 6.49. The maximum absolute atomic E-state index is 11.1. The van der Waals surface area contributed by atoms with Crippen molar-refractivity contribution < 1.29 is 14.3 Å². The van der Waals surface area contributed by atoms with Gasteiger partial charge in [0, 0.05) is 25.3 Å². The van der Waals surface area contributed by atoms with E-state index in [2.05, 4.69) is 6.58 Å². The molecule has 1 aliphatic rings. The van der Waals surface area contributed by atoms with Gasteiger partial charge in [-0.05, 0) is 13.3 Å². The van der Waals surface area contributed by atoms with Crippen molar-refractivity contribution in [1.29, 1.82) is 0 Å². The van der Waals surface area contributed by atoms with E-state index >= 15 is 0 Å². The summed E-state index contributed by atoms with van der Waals surface area (Å²) in [6, 6.07) is 0. The molecule has 0 N–H and O–H groups in total. The molecule has 1 rings (SSSR count). The van der Waals surface area contributed by atoms with Crippen molar-refractivity contribution in [3.63, 3.8) is 0 Å². The number of carbonyl (C=O) groups is 2. The molecule has 0 saturated carbocycles. The van der Waals surface area contributed by atoms with Gasteiger partial charge >= 0.3 is 5.97 Å². The molecule has 1 atom stereocenters. The molecule has 3 heteroatoms. The zero-order valence-corrected chi connectivity index (χ0v) is 8.50. The molecule has 0 aromatic heterocycles. The Balaban J connectivity index is 2.68. The largest absolute Gasteiger partial charge is 0.431 e. The molecule has 1 aliphatic carbocycles. The molecular formula is C11H14O3. The Morgan fingerprint density at radius 2 is 2.29 bits per heavy atom. The highest BCUT2D eigenvalue weighted by Crippen LogP contribution is 2.29. The Bertz CT molecular complexity index is 312. The lowest BCUT2D eigenvalue weighted by Gasteiger charge is -2.12. The van der Waals surface area contributed by atoms with Gasteiger partial charge in [-0.2, -0.15) is 0 Å². The van der Waals surface area contributed by atoms with Gasteiger partial charge in [-0.3, -0.25) is 9.59 Å². The number of esters is 1. The van der Waals surface area contributed by atoms with Crippen LogP contribution < -0.4 is 0 Å². The summed E-state index contributed by atoms with van der Waals surface area (Å²) in [6.07, 6.45) is 2.54. The number of allylic oxidation sites excluding steroid dienone is 3. The van der Waals surface area contributed by atoms with E-state index in [1.165, 1.54) is 13.0 Å². The molecule has 14 heavy (non-hydrogen) atoms. The van der Waals surface area contributed by atoms with E-state index in [9.17, 15) is 9.59 Å². The van der Waals surface area contributed by atoms with Gasteiger partial charge in [0.2, 0.25) is 0 Å². The molecule has 0 fully saturated rings. The summed E-state index contributed by atoms with van der Waals surface area (Å²) < 4.78 is 4.96. The lowest BCUT2D eigenvalue weighted by atomic mass is 9.99. The molecule has 1 unspecified atom stereocenters. The van der Waals surface area contributed by atoms with Gasteiger partial charge in [0.05, 0.1) is 0 Å². The average molecular weight is 194 g/mol. The number of ether oxygens (including phenoxy) is 1. The van der Waals surface area contributed by atoms with Crippen molar-refractivity contribution in [3.05, 3.63) is 24.0 Å². The Morgan fingerprint density at radius 1 is 1.64 bits per heavy atom. The van der Waals surface area contributed by atoms with Gasteiger partial charge in [0.1, 0.15) is 5.76 Å². The third-order valence-electron chi connectivity index (χ3n) is 2.01. The van der Waals surface area contributed by atoms with E-state index in [-0.39, 0.29) is 17.7 Å². The average Bonchev–Trinajstić information content (AvgIpc) is 2.28. The van der Waals surface area contributed by atoms with Crippen molar-refractivity contribution >= 4 is 11.8 Å². The number of carbonyl (C=O) groups excluding carboxylic acids is 2. The van der Waals surface area contributed by atoms with E-state index in [1.807, 2.05) is 6.92 Å². The summed E-state index contributed by atoms with van der Waals surface area (Å²) in [7, 11) is 0. The van der Waals surface area contributed by atoms with Crippen molar-refractivity contribution in [2.45, 2.75) is 26.7 Å². The SMILES string of the molecule is C=C(C)CC1CC(=O)C=C1OC(C)=O. The predicted octanol–water partition coefficient (Wildman–Crippen LogP) is 1.99. The summed E-state index contributed by atoms with van der Waals surface area (Å²) in [6.45, 7) is 7.01. The molecule has 0 aromatic carbocycles. The van der Waals surface area contributed by atoms with Crippen LogP contribution in [0.5, 0.6) is 0 Å². The maximum Gasteiger partial charge on any atom is 0.307 e. The smallest absolute Gasteiger partial charge is 0.307 e. The van der Waals surface area contributed by atoms with E-state index in [0.717, 1.165) is 5.57 Å². The molecule has 76 valence electrons. The second-order valence-electron chi connectivity index (χ2n) is 3.67. The number of rotatable bonds is 3. The highest BCUT2D eigenvalue weighted by Gasteiger charge is 2.27. The molecule has 0 amide bonds. The van der Waals surface area contributed by atoms with Crippen molar-refractivity contribution in [3.8, 4) is 0 Å². The maximum atomic E-state index is 11.1. The van der Waals surface area contributed by atoms with Crippen LogP contribution in [0.2, 0.25) is 0 Å². The molecule has 0 aliphatic heterocycles. The Morgan fingerprint density at radius 3 is 2.79 bits per heavy atom. The van der Waals surface area contributed by atoms with Crippen LogP contribution >= 0.6 is 0 Å². The third-order valence-corrected chi connectivity index (χ3v) is 2.01. The quantitative estimate of drug-likeness (QED) is 0.509. The van der Waals surface area contributed by atoms with Crippen LogP contribution in [0.1, 0.15) is 26.7 Å². The lowest BCUT2D eigenvalue weighted by molar-refractivity contribution is -0.137. The van der Waals surface area contributed by atoms with Crippen molar-refractivity contribution in [2.24, 2.45) is 5.92 Å². The first-order valence-corrected chi connectivity index (χ1v) is 4.56. The van der Waals surface area contributed by atoms with Crippen LogP contribution in [0.3, 0.4) is 0 Å².